The van der Waals surface area contributed by atoms with Crippen molar-refractivity contribution in [3.8, 4) is 0 Å². The van der Waals surface area contributed by atoms with Crippen molar-refractivity contribution in [2.75, 3.05) is 14.2 Å². The van der Waals surface area contributed by atoms with Crippen LogP contribution < -0.4 is 0 Å². The minimum Gasteiger partial charge on any atom is -0.393 e. The van der Waals surface area contributed by atoms with Crippen LogP contribution >= 0.6 is 7.60 Å². The zero-order valence-corrected chi connectivity index (χ0v) is 23.5. The zero-order valence-electron chi connectivity index (χ0n) is 22.6. The molecular formula is C29H45O6P. The quantitative estimate of drug-likeness (QED) is 0.280. The Labute approximate surface area is 217 Å². The second-order valence-electron chi connectivity index (χ2n) is 11.1. The molecule has 36 heavy (non-hydrogen) atoms. The standard InChI is InChI=1S/C29H45O6P/c1-7-28(36(33,34-5)35-6)26(31)15-10-19(2)24-13-14-25-21(9-8-16-29(24,25)4)11-12-22-17-23(30)18-27(32)20(22)3/h10-12,15,19,23-25,27-28,30,32H,3,7-9,13-14,16-18H2,1-2,4-6H3/b15-10+,21-11+,22-12-/t19-,23-,24-,25?,27+,28?,29-/m1/s1. The van der Waals surface area contributed by atoms with Crippen molar-refractivity contribution in [2.24, 2.45) is 23.2 Å². The van der Waals surface area contributed by atoms with Crippen LogP contribution in [0.1, 0.15) is 72.1 Å². The van der Waals surface area contributed by atoms with Gasteiger partial charge >= 0.3 is 7.60 Å². The number of aliphatic hydroxyl groups is 2. The third-order valence-electron chi connectivity index (χ3n) is 9.11. The molecular weight excluding hydrogens is 475 g/mol. The number of ketones is 1. The van der Waals surface area contributed by atoms with E-state index in [2.05, 4.69) is 32.6 Å². The zero-order chi connectivity index (χ0) is 26.7. The molecule has 3 aliphatic carbocycles. The van der Waals surface area contributed by atoms with Crippen LogP contribution in [0.2, 0.25) is 0 Å². The van der Waals surface area contributed by atoms with Crippen molar-refractivity contribution in [3.05, 3.63) is 47.6 Å². The summed E-state index contributed by atoms with van der Waals surface area (Å²) in [7, 11) is -0.813. The second-order valence-corrected chi connectivity index (χ2v) is 13.5. The van der Waals surface area contributed by atoms with Crippen molar-refractivity contribution >= 4 is 13.4 Å². The predicted octanol–water partition coefficient (Wildman–Crippen LogP) is 6.15. The number of carbonyl (C=O) groups excluding carboxylic acids is 1. The highest BCUT2D eigenvalue weighted by Crippen LogP contribution is 2.59. The van der Waals surface area contributed by atoms with E-state index in [0.717, 1.165) is 43.3 Å². The molecule has 0 bridgehead atoms. The molecule has 0 aromatic carbocycles. The number of hydrogen-bond acceptors (Lipinski definition) is 6. The van der Waals surface area contributed by atoms with Crippen LogP contribution in [0.15, 0.2) is 47.6 Å². The maximum absolute atomic E-state index is 12.9. The van der Waals surface area contributed by atoms with Gasteiger partial charge in [-0.15, -0.1) is 0 Å². The molecule has 0 heterocycles. The number of rotatable bonds is 9. The van der Waals surface area contributed by atoms with Gasteiger partial charge < -0.3 is 19.3 Å². The summed E-state index contributed by atoms with van der Waals surface area (Å²) in [6, 6.07) is 0. The molecule has 0 amide bonds. The van der Waals surface area contributed by atoms with Crippen molar-refractivity contribution in [1.29, 1.82) is 0 Å². The fraction of sp³-hybridized carbons (Fsp3) is 0.690. The molecule has 6 nitrogen and oxygen atoms in total. The average molecular weight is 521 g/mol. The van der Waals surface area contributed by atoms with Crippen molar-refractivity contribution < 1.29 is 28.6 Å². The summed E-state index contributed by atoms with van der Waals surface area (Å²) in [5.41, 5.74) is 2.48. The molecule has 0 aromatic heterocycles. The van der Waals surface area contributed by atoms with Gasteiger partial charge in [0.05, 0.1) is 12.2 Å². The fourth-order valence-corrected chi connectivity index (χ4v) is 8.51. The first kappa shape index (κ1) is 29.3. The van der Waals surface area contributed by atoms with E-state index in [1.54, 1.807) is 6.08 Å². The molecule has 202 valence electrons. The number of fused-ring (bicyclic) bond motifs is 1. The maximum atomic E-state index is 12.9. The van der Waals surface area contributed by atoms with Crippen molar-refractivity contribution in [3.63, 3.8) is 0 Å². The van der Waals surface area contributed by atoms with E-state index in [-0.39, 0.29) is 17.1 Å². The van der Waals surface area contributed by atoms with Crippen LogP contribution in [-0.2, 0) is 18.4 Å². The Bertz CT molecular complexity index is 957. The Morgan fingerprint density at radius 2 is 1.94 bits per heavy atom. The van der Waals surface area contributed by atoms with E-state index in [4.69, 9.17) is 9.05 Å². The minimum atomic E-state index is -3.46. The largest absolute Gasteiger partial charge is 0.393 e. The van der Waals surface area contributed by atoms with Gasteiger partial charge in [-0.2, -0.15) is 0 Å². The summed E-state index contributed by atoms with van der Waals surface area (Å²) in [5.74, 6) is 0.945. The normalized spacial score (nSPS) is 35.4. The van der Waals surface area contributed by atoms with E-state index in [9.17, 15) is 19.6 Å². The number of hydrogen-bond donors (Lipinski definition) is 2. The molecule has 0 aliphatic heterocycles. The molecule has 7 atom stereocenters. The Morgan fingerprint density at radius 1 is 1.25 bits per heavy atom. The molecule has 0 spiro atoms. The van der Waals surface area contributed by atoms with Crippen molar-refractivity contribution in [2.45, 2.75) is 90.0 Å². The molecule has 3 rings (SSSR count). The van der Waals surface area contributed by atoms with Crippen LogP contribution in [0.5, 0.6) is 0 Å². The Balaban J connectivity index is 1.75. The number of aliphatic hydroxyl groups excluding tert-OH is 2. The topological polar surface area (TPSA) is 93.1 Å². The first-order valence-corrected chi connectivity index (χ1v) is 15.0. The van der Waals surface area contributed by atoms with Crippen LogP contribution in [0.4, 0.5) is 0 Å². The summed E-state index contributed by atoms with van der Waals surface area (Å²) >= 11 is 0. The fourth-order valence-electron chi connectivity index (χ4n) is 7.01. The molecule has 2 N–H and O–H groups in total. The van der Waals surface area contributed by atoms with Gasteiger partial charge in [0.25, 0.3) is 0 Å². The second kappa shape index (κ2) is 12.0. The van der Waals surface area contributed by atoms with Crippen LogP contribution in [0.25, 0.3) is 0 Å². The average Bonchev–Trinajstić information content (AvgIpc) is 3.21. The molecule has 3 fully saturated rings. The minimum absolute atomic E-state index is 0.149. The summed E-state index contributed by atoms with van der Waals surface area (Å²) in [6.07, 6.45) is 13.6. The summed E-state index contributed by atoms with van der Waals surface area (Å²) in [6.45, 7) is 10.4. The van der Waals surface area contributed by atoms with Crippen molar-refractivity contribution in [1.82, 2.24) is 0 Å². The lowest BCUT2D eigenvalue weighted by atomic mass is 9.61. The third-order valence-corrected chi connectivity index (χ3v) is 11.5. The summed E-state index contributed by atoms with van der Waals surface area (Å²) in [4.78, 5) is 12.9. The van der Waals surface area contributed by atoms with E-state index in [1.165, 1.54) is 19.8 Å². The van der Waals surface area contributed by atoms with Gasteiger partial charge in [-0.05, 0) is 85.3 Å². The van der Waals surface area contributed by atoms with Gasteiger partial charge in [-0.1, -0.05) is 51.2 Å². The molecule has 0 saturated heterocycles. The van der Waals surface area contributed by atoms with Gasteiger partial charge in [0.1, 0.15) is 5.66 Å². The maximum Gasteiger partial charge on any atom is 0.340 e. The molecule has 0 radical (unpaired) electrons. The van der Waals surface area contributed by atoms with Gasteiger partial charge in [0.2, 0.25) is 0 Å². The molecule has 2 unspecified atom stereocenters. The van der Waals surface area contributed by atoms with Crippen LogP contribution in [0.3, 0.4) is 0 Å². The molecule has 3 saturated carbocycles. The number of allylic oxidation sites excluding steroid dienone is 5. The predicted molar refractivity (Wildman–Crippen MR) is 144 cm³/mol. The third kappa shape index (κ3) is 5.89. The van der Waals surface area contributed by atoms with E-state index in [1.807, 2.05) is 13.0 Å². The van der Waals surface area contributed by atoms with Crippen LogP contribution in [-0.4, -0.2) is 48.1 Å². The highest BCUT2D eigenvalue weighted by Gasteiger charge is 2.50. The van der Waals surface area contributed by atoms with Crippen LogP contribution in [0, 0.1) is 23.2 Å². The van der Waals surface area contributed by atoms with E-state index >= 15 is 0 Å². The summed E-state index contributed by atoms with van der Waals surface area (Å²) < 4.78 is 23.0. The summed E-state index contributed by atoms with van der Waals surface area (Å²) in [5, 5.41) is 20.3. The lowest BCUT2D eigenvalue weighted by Gasteiger charge is -2.44. The highest BCUT2D eigenvalue weighted by atomic mass is 31.2. The monoisotopic (exact) mass is 520 g/mol. The Hall–Kier alpha value is -1.30. The molecule has 3 aliphatic rings. The Kier molecular flexibility index (Phi) is 9.79. The Morgan fingerprint density at radius 3 is 2.58 bits per heavy atom. The van der Waals surface area contributed by atoms with Gasteiger partial charge in [-0.3, -0.25) is 9.36 Å². The lowest BCUT2D eigenvalue weighted by molar-refractivity contribution is -0.114. The molecule has 0 aromatic rings. The SMILES string of the molecule is C=C1/C(=C\C=C2/CCC[C@@]3(C)C2CC[C@@H]3[C@H](C)/C=C/C(=O)C(CC)P(=O)(OC)OC)C[C@@H](O)C[C@@H]1O. The number of carbonyl (C=O) groups is 1. The smallest absolute Gasteiger partial charge is 0.340 e. The first-order chi connectivity index (χ1) is 17.0. The van der Waals surface area contributed by atoms with Gasteiger partial charge in [0, 0.05) is 20.6 Å². The molecule has 7 heteroatoms. The first-order valence-electron chi connectivity index (χ1n) is 13.4. The lowest BCUT2D eigenvalue weighted by Crippen LogP contribution is -2.35. The highest BCUT2D eigenvalue weighted by molar-refractivity contribution is 7.55. The van der Waals surface area contributed by atoms with Gasteiger partial charge in [0.15, 0.2) is 5.78 Å². The van der Waals surface area contributed by atoms with E-state index < -0.39 is 25.5 Å². The van der Waals surface area contributed by atoms with E-state index in [0.29, 0.717) is 31.1 Å². The van der Waals surface area contributed by atoms with Gasteiger partial charge in [-0.25, -0.2) is 0 Å².